The molecule has 3 rings (SSSR count). The van der Waals surface area contributed by atoms with E-state index >= 15 is 0 Å². The quantitative estimate of drug-likeness (QED) is 0.457. The fourth-order valence-corrected chi connectivity index (χ4v) is 3.60. The van der Waals surface area contributed by atoms with Crippen molar-refractivity contribution in [1.82, 2.24) is 10.2 Å². The Bertz CT molecular complexity index is 1050. The molecule has 160 valence electrons. The van der Waals surface area contributed by atoms with Crippen LogP contribution in [0.4, 0.5) is 18.9 Å². The number of hydrogen-bond donors (Lipinski definition) is 2. The smallest absolute Gasteiger partial charge is 0.422 e. The van der Waals surface area contributed by atoms with Crippen LogP contribution in [0.2, 0.25) is 5.02 Å². The summed E-state index contributed by atoms with van der Waals surface area (Å²) in [4.78, 5) is 3.92. The number of aliphatic imine (C=N–C) groups is 1. The Morgan fingerprint density at radius 3 is 2.73 bits per heavy atom. The van der Waals surface area contributed by atoms with Gasteiger partial charge in [-0.3, -0.25) is 10.1 Å². The maximum absolute atomic E-state index is 13.9. The van der Waals surface area contributed by atoms with E-state index in [1.54, 1.807) is 49.5 Å². The molecule has 2 aromatic carbocycles. The number of para-hydroxylation sites is 1. The van der Waals surface area contributed by atoms with Crippen LogP contribution in [0.3, 0.4) is 0 Å². The van der Waals surface area contributed by atoms with Gasteiger partial charge >= 0.3 is 6.18 Å². The maximum Gasteiger partial charge on any atom is 0.422 e. The van der Waals surface area contributed by atoms with Crippen molar-refractivity contribution in [2.75, 3.05) is 7.11 Å². The molecule has 2 atom stereocenters. The van der Waals surface area contributed by atoms with E-state index in [0.29, 0.717) is 34.4 Å². The van der Waals surface area contributed by atoms with E-state index < -0.39 is 24.1 Å². The van der Waals surface area contributed by atoms with E-state index in [0.717, 1.165) is 5.52 Å². The summed E-state index contributed by atoms with van der Waals surface area (Å²) in [6.45, 7) is 1.74. The average molecular weight is 440 g/mol. The Labute approximate surface area is 176 Å². The van der Waals surface area contributed by atoms with Crippen LogP contribution < -0.4 is 4.74 Å². The molecule has 0 radical (unpaired) electrons. The molecule has 2 unspecified atom stereocenters. The largest absolute Gasteiger partial charge is 0.495 e. The minimum atomic E-state index is -4.92. The lowest BCUT2D eigenvalue weighted by atomic mass is 9.84. The van der Waals surface area contributed by atoms with Crippen LogP contribution in [-0.2, 0) is 0 Å². The minimum absolute atomic E-state index is 0.278. The highest BCUT2D eigenvalue weighted by molar-refractivity contribution is 6.32. The number of methoxy groups -OCH3 is 1. The molecule has 0 aliphatic heterocycles. The Morgan fingerprint density at radius 1 is 1.30 bits per heavy atom. The Hall–Kier alpha value is -2.58. The number of aromatic nitrogens is 2. The molecule has 0 aliphatic carbocycles. The lowest BCUT2D eigenvalue weighted by molar-refractivity contribution is -0.232. The van der Waals surface area contributed by atoms with Gasteiger partial charge in [0.15, 0.2) is 5.60 Å². The van der Waals surface area contributed by atoms with Gasteiger partial charge in [0.1, 0.15) is 5.75 Å². The van der Waals surface area contributed by atoms with Crippen LogP contribution in [0, 0.1) is 0 Å². The summed E-state index contributed by atoms with van der Waals surface area (Å²) in [7, 11) is 1.40. The van der Waals surface area contributed by atoms with Gasteiger partial charge in [0.2, 0.25) is 0 Å². The van der Waals surface area contributed by atoms with Crippen molar-refractivity contribution < 1.29 is 23.0 Å². The molecule has 5 nitrogen and oxygen atoms in total. The second-order valence-electron chi connectivity index (χ2n) is 6.99. The number of ether oxygens (including phenoxy) is 1. The second-order valence-corrected chi connectivity index (χ2v) is 7.40. The summed E-state index contributed by atoms with van der Waals surface area (Å²) in [5.74, 6) is -0.356. The molecule has 0 fully saturated rings. The van der Waals surface area contributed by atoms with Gasteiger partial charge in [-0.25, -0.2) is 0 Å². The third-order valence-corrected chi connectivity index (χ3v) is 5.33. The van der Waals surface area contributed by atoms with Crippen molar-refractivity contribution in [3.8, 4) is 5.75 Å². The highest BCUT2D eigenvalue weighted by Crippen LogP contribution is 2.42. The zero-order valence-corrected chi connectivity index (χ0v) is 17.1. The molecule has 0 spiro atoms. The molecule has 3 aromatic rings. The summed E-state index contributed by atoms with van der Waals surface area (Å²) in [5, 5.41) is 18.2. The first-order valence-electron chi connectivity index (χ1n) is 9.28. The Morgan fingerprint density at radius 2 is 2.07 bits per heavy atom. The molecule has 0 aliphatic rings. The third-order valence-electron chi connectivity index (χ3n) is 5.03. The first-order valence-corrected chi connectivity index (χ1v) is 9.66. The normalized spacial score (nSPS) is 15.4. The SMILES string of the molecule is CCC(CC(O)(/C=N/c1ccc2[nH]ncc2c1)C(F)(F)F)c1cccc(Cl)c1OC. The molecule has 2 N–H and O–H groups in total. The zero-order valence-electron chi connectivity index (χ0n) is 16.4. The zero-order chi connectivity index (χ0) is 21.9. The van der Waals surface area contributed by atoms with Gasteiger partial charge in [-0.15, -0.1) is 0 Å². The number of nitrogens with one attached hydrogen (secondary N) is 1. The Balaban J connectivity index is 1.95. The maximum atomic E-state index is 13.9. The monoisotopic (exact) mass is 439 g/mol. The van der Waals surface area contributed by atoms with Crippen molar-refractivity contribution in [3.63, 3.8) is 0 Å². The number of fused-ring (bicyclic) bond motifs is 1. The molecular formula is C21H21ClF3N3O2. The van der Waals surface area contributed by atoms with Crippen molar-refractivity contribution in [3.05, 3.63) is 53.2 Å². The van der Waals surface area contributed by atoms with Gasteiger partial charge in [-0.1, -0.05) is 30.7 Å². The van der Waals surface area contributed by atoms with E-state index in [1.165, 1.54) is 7.11 Å². The number of aromatic amines is 1. The summed E-state index contributed by atoms with van der Waals surface area (Å²) in [6, 6.07) is 9.69. The predicted octanol–water partition coefficient (Wildman–Crippen LogP) is 5.80. The van der Waals surface area contributed by atoms with Crippen LogP contribution in [0.15, 0.2) is 47.6 Å². The third kappa shape index (κ3) is 4.44. The molecule has 9 heteroatoms. The minimum Gasteiger partial charge on any atom is -0.495 e. The Kier molecular flexibility index (Phi) is 6.38. The van der Waals surface area contributed by atoms with Crippen molar-refractivity contribution in [2.24, 2.45) is 4.99 Å². The van der Waals surface area contributed by atoms with Gasteiger partial charge in [-0.2, -0.15) is 18.3 Å². The van der Waals surface area contributed by atoms with Crippen LogP contribution in [0.1, 0.15) is 31.2 Å². The number of hydrogen-bond acceptors (Lipinski definition) is 4. The van der Waals surface area contributed by atoms with Crippen LogP contribution in [-0.4, -0.2) is 40.4 Å². The number of benzene rings is 2. The first-order chi connectivity index (χ1) is 14.2. The van der Waals surface area contributed by atoms with E-state index in [-0.39, 0.29) is 5.69 Å². The topological polar surface area (TPSA) is 70.5 Å². The fraction of sp³-hybridized carbons (Fsp3) is 0.333. The molecule has 0 amide bonds. The molecule has 1 aromatic heterocycles. The molecule has 30 heavy (non-hydrogen) atoms. The molecule has 1 heterocycles. The van der Waals surface area contributed by atoms with Crippen molar-refractivity contribution in [2.45, 2.75) is 37.5 Å². The molecule has 0 saturated heterocycles. The van der Waals surface area contributed by atoms with E-state index in [1.807, 2.05) is 0 Å². The summed E-state index contributed by atoms with van der Waals surface area (Å²) in [6.07, 6.45) is -3.10. The van der Waals surface area contributed by atoms with Gasteiger partial charge in [0, 0.05) is 11.6 Å². The van der Waals surface area contributed by atoms with Crippen molar-refractivity contribution >= 4 is 34.4 Å². The van der Waals surface area contributed by atoms with Crippen LogP contribution >= 0.6 is 11.6 Å². The van der Waals surface area contributed by atoms with E-state index in [9.17, 15) is 18.3 Å². The van der Waals surface area contributed by atoms with Crippen LogP contribution in [0.5, 0.6) is 5.75 Å². The molecule has 0 saturated carbocycles. The number of alkyl halides is 3. The van der Waals surface area contributed by atoms with Gasteiger partial charge in [0.05, 0.1) is 29.5 Å². The summed E-state index contributed by atoms with van der Waals surface area (Å²) < 4.78 is 46.9. The highest BCUT2D eigenvalue weighted by Gasteiger charge is 2.53. The van der Waals surface area contributed by atoms with Gasteiger partial charge in [0.25, 0.3) is 0 Å². The first kappa shape index (κ1) is 22.1. The summed E-state index contributed by atoms with van der Waals surface area (Å²) >= 11 is 6.13. The van der Waals surface area contributed by atoms with Gasteiger partial charge < -0.3 is 9.84 Å². The molecular weight excluding hydrogens is 419 g/mol. The lowest BCUT2D eigenvalue weighted by Gasteiger charge is -2.31. The summed E-state index contributed by atoms with van der Waals surface area (Å²) in [5.41, 5.74) is -1.62. The number of H-pyrrole nitrogens is 1. The predicted molar refractivity (Wildman–Crippen MR) is 111 cm³/mol. The fourth-order valence-electron chi connectivity index (χ4n) is 3.35. The number of rotatable bonds is 7. The number of halogens is 4. The average Bonchev–Trinajstić information content (AvgIpc) is 3.17. The molecule has 0 bridgehead atoms. The van der Waals surface area contributed by atoms with Gasteiger partial charge in [-0.05, 0) is 48.6 Å². The number of nitrogens with zero attached hydrogens (tertiary/aromatic N) is 2. The standard InChI is InChI=1S/C21H21ClF3N3O2/c1-3-13(16-5-4-6-17(22)19(16)30-2)10-20(29,21(23,24)25)12-26-15-7-8-18-14(9-15)11-27-28-18/h4-9,11-13,29H,3,10H2,1-2H3,(H,27,28)/b26-12+. The van der Waals surface area contributed by atoms with Crippen molar-refractivity contribution in [1.29, 1.82) is 0 Å². The van der Waals surface area contributed by atoms with Crippen LogP contribution in [0.25, 0.3) is 10.9 Å². The van der Waals surface area contributed by atoms with E-state index in [2.05, 4.69) is 15.2 Å². The second kappa shape index (κ2) is 8.65. The number of aliphatic hydroxyl groups is 1. The lowest BCUT2D eigenvalue weighted by Crippen LogP contribution is -2.47. The highest BCUT2D eigenvalue weighted by atomic mass is 35.5. The van der Waals surface area contributed by atoms with E-state index in [4.69, 9.17) is 16.3 Å².